The maximum atomic E-state index is 12.4. The minimum Gasteiger partial charge on any atom is -0.493 e. The second-order valence-corrected chi connectivity index (χ2v) is 10.3. The summed E-state index contributed by atoms with van der Waals surface area (Å²) in [6.45, 7) is 6.38. The molecule has 0 saturated carbocycles. The molecule has 4 nitrogen and oxygen atoms in total. The van der Waals surface area contributed by atoms with Gasteiger partial charge in [0.05, 0.1) is 12.5 Å². The lowest BCUT2D eigenvalue weighted by Crippen LogP contribution is -2.76. The number of nitrogens with zero attached hydrogens (tertiary/aromatic N) is 1. The van der Waals surface area contributed by atoms with Crippen LogP contribution in [-0.4, -0.2) is 48.0 Å². The van der Waals surface area contributed by atoms with E-state index in [1.165, 1.54) is 16.7 Å². The Balaban J connectivity index is 1.46. The first-order valence-electron chi connectivity index (χ1n) is 11.5. The number of piperidine rings is 1. The molecule has 31 heavy (non-hydrogen) atoms. The van der Waals surface area contributed by atoms with Crippen LogP contribution in [0.15, 0.2) is 54.6 Å². The fourth-order valence-electron chi connectivity index (χ4n) is 6.96. The van der Waals surface area contributed by atoms with Gasteiger partial charge in [0, 0.05) is 23.6 Å². The SMILES string of the molecule is COc1ccc2c3c1O[C@@H]1C(C)(C)C=C[C@]4(O)[C@H](C2)N(CCc2ccccc2)CC[C@@]314. The van der Waals surface area contributed by atoms with Crippen molar-refractivity contribution in [3.05, 3.63) is 71.3 Å². The summed E-state index contributed by atoms with van der Waals surface area (Å²) in [6, 6.07) is 14.9. The van der Waals surface area contributed by atoms with E-state index in [0.717, 1.165) is 43.9 Å². The molecule has 1 saturated heterocycles. The van der Waals surface area contributed by atoms with Gasteiger partial charge in [-0.1, -0.05) is 62.4 Å². The molecule has 4 atom stereocenters. The Labute approximate surface area is 184 Å². The molecular formula is C27H31NO3. The Morgan fingerprint density at radius 2 is 1.94 bits per heavy atom. The molecule has 162 valence electrons. The molecule has 4 heteroatoms. The summed E-state index contributed by atoms with van der Waals surface area (Å²) in [4.78, 5) is 2.52. The minimum absolute atomic E-state index is 0.0512. The van der Waals surface area contributed by atoms with Gasteiger partial charge in [-0.2, -0.15) is 0 Å². The molecule has 2 bridgehead atoms. The zero-order chi connectivity index (χ0) is 21.4. The molecule has 2 aromatic rings. The number of rotatable bonds is 4. The van der Waals surface area contributed by atoms with E-state index in [-0.39, 0.29) is 17.6 Å². The van der Waals surface area contributed by atoms with Gasteiger partial charge in [0.2, 0.25) is 0 Å². The number of benzene rings is 2. The van der Waals surface area contributed by atoms with E-state index in [1.54, 1.807) is 7.11 Å². The van der Waals surface area contributed by atoms with E-state index in [4.69, 9.17) is 9.47 Å². The van der Waals surface area contributed by atoms with Gasteiger partial charge >= 0.3 is 0 Å². The molecule has 2 aromatic carbocycles. The van der Waals surface area contributed by atoms with Crippen LogP contribution in [0.25, 0.3) is 0 Å². The maximum Gasteiger partial charge on any atom is 0.165 e. The third-order valence-electron chi connectivity index (χ3n) is 8.40. The Hall–Kier alpha value is -2.30. The molecule has 0 amide bonds. The summed E-state index contributed by atoms with van der Waals surface area (Å²) in [5.41, 5.74) is 2.34. The molecule has 0 unspecified atom stereocenters. The third-order valence-corrected chi connectivity index (χ3v) is 8.40. The zero-order valence-corrected chi connectivity index (χ0v) is 18.6. The molecule has 2 aliphatic carbocycles. The fraction of sp³-hybridized carbons (Fsp3) is 0.481. The van der Waals surface area contributed by atoms with Crippen molar-refractivity contribution in [1.29, 1.82) is 0 Å². The predicted octanol–water partition coefficient (Wildman–Crippen LogP) is 3.89. The topological polar surface area (TPSA) is 41.9 Å². The minimum atomic E-state index is -0.938. The van der Waals surface area contributed by atoms with E-state index in [9.17, 15) is 5.11 Å². The molecule has 1 N–H and O–H groups in total. The molecule has 1 fully saturated rings. The van der Waals surface area contributed by atoms with Crippen LogP contribution in [0.3, 0.4) is 0 Å². The van der Waals surface area contributed by atoms with Crippen molar-refractivity contribution in [1.82, 2.24) is 4.90 Å². The highest BCUT2D eigenvalue weighted by molar-refractivity contribution is 5.64. The predicted molar refractivity (Wildman–Crippen MR) is 121 cm³/mol. The zero-order valence-electron chi connectivity index (χ0n) is 18.6. The quantitative estimate of drug-likeness (QED) is 0.767. The summed E-state index contributed by atoms with van der Waals surface area (Å²) < 4.78 is 12.4. The standard InChI is InChI=1S/C27H31NO3/c1-25(2)12-13-27(29)21-17-19-9-10-20(30-3)23-22(19)26(27,24(25)31-23)14-16-28(21)15-11-18-7-5-4-6-8-18/h4-10,12-13,21,24,29H,11,14-17H2,1-3H3/t21-,24+,26+,27-/m0/s1. The van der Waals surface area contributed by atoms with Crippen LogP contribution in [0.5, 0.6) is 11.5 Å². The van der Waals surface area contributed by atoms with E-state index < -0.39 is 11.0 Å². The van der Waals surface area contributed by atoms with Crippen molar-refractivity contribution < 1.29 is 14.6 Å². The van der Waals surface area contributed by atoms with Crippen LogP contribution in [0, 0.1) is 5.41 Å². The lowest BCUT2D eigenvalue weighted by atomic mass is 9.47. The number of methoxy groups -OCH3 is 1. The first kappa shape index (κ1) is 19.4. The summed E-state index contributed by atoms with van der Waals surface area (Å²) in [6.07, 6.45) is 6.92. The lowest BCUT2D eigenvalue weighted by molar-refractivity contribution is -0.156. The summed E-state index contributed by atoms with van der Waals surface area (Å²) in [7, 11) is 1.70. The van der Waals surface area contributed by atoms with Gasteiger partial charge < -0.3 is 14.6 Å². The van der Waals surface area contributed by atoms with Gasteiger partial charge in [0.25, 0.3) is 0 Å². The van der Waals surface area contributed by atoms with Gasteiger partial charge in [-0.25, -0.2) is 0 Å². The number of hydrogen-bond acceptors (Lipinski definition) is 4. The fourth-order valence-corrected chi connectivity index (χ4v) is 6.96. The largest absolute Gasteiger partial charge is 0.493 e. The van der Waals surface area contributed by atoms with Crippen molar-refractivity contribution in [3.8, 4) is 11.5 Å². The monoisotopic (exact) mass is 417 g/mol. The third kappa shape index (κ3) is 2.38. The summed E-state index contributed by atoms with van der Waals surface area (Å²) >= 11 is 0. The van der Waals surface area contributed by atoms with Crippen LogP contribution >= 0.6 is 0 Å². The van der Waals surface area contributed by atoms with Crippen molar-refractivity contribution in [2.75, 3.05) is 20.2 Å². The molecule has 0 radical (unpaired) electrons. The number of ether oxygens (including phenoxy) is 2. The van der Waals surface area contributed by atoms with Crippen LogP contribution in [0.1, 0.15) is 37.0 Å². The molecule has 0 aromatic heterocycles. The van der Waals surface area contributed by atoms with Crippen LogP contribution in [-0.2, 0) is 18.3 Å². The van der Waals surface area contributed by atoms with Gasteiger partial charge in [-0.05, 0) is 43.0 Å². The highest BCUT2D eigenvalue weighted by atomic mass is 16.5. The van der Waals surface area contributed by atoms with Gasteiger partial charge in [-0.15, -0.1) is 0 Å². The number of hydrogen-bond donors (Lipinski definition) is 1. The molecule has 2 aliphatic heterocycles. The van der Waals surface area contributed by atoms with Crippen molar-refractivity contribution >= 4 is 0 Å². The van der Waals surface area contributed by atoms with Gasteiger partial charge in [0.1, 0.15) is 11.7 Å². The van der Waals surface area contributed by atoms with Crippen molar-refractivity contribution in [2.45, 2.75) is 56.3 Å². The Morgan fingerprint density at radius 3 is 2.71 bits per heavy atom. The number of likely N-dealkylation sites (tertiary alicyclic amines) is 1. The second-order valence-electron chi connectivity index (χ2n) is 10.3. The first-order chi connectivity index (χ1) is 14.9. The van der Waals surface area contributed by atoms with Gasteiger partial charge in [-0.3, -0.25) is 4.90 Å². The van der Waals surface area contributed by atoms with Crippen LogP contribution < -0.4 is 9.47 Å². The summed E-state index contributed by atoms with van der Waals surface area (Å²) in [5, 5.41) is 12.4. The summed E-state index contributed by atoms with van der Waals surface area (Å²) in [5.74, 6) is 1.64. The normalized spacial score (nSPS) is 34.2. The van der Waals surface area contributed by atoms with Crippen molar-refractivity contribution in [2.24, 2.45) is 5.41 Å². The van der Waals surface area contributed by atoms with Crippen LogP contribution in [0.4, 0.5) is 0 Å². The van der Waals surface area contributed by atoms with Gasteiger partial charge in [0.15, 0.2) is 11.5 Å². The molecule has 4 aliphatic rings. The molecule has 1 spiro atoms. The lowest BCUT2D eigenvalue weighted by Gasteiger charge is -2.63. The molecular weight excluding hydrogens is 386 g/mol. The van der Waals surface area contributed by atoms with E-state index in [0.29, 0.717) is 0 Å². The Morgan fingerprint density at radius 1 is 1.13 bits per heavy atom. The average Bonchev–Trinajstić information content (AvgIpc) is 3.13. The molecule has 2 heterocycles. The highest BCUT2D eigenvalue weighted by Crippen LogP contribution is 2.66. The van der Waals surface area contributed by atoms with E-state index in [2.05, 4.69) is 67.3 Å². The number of aliphatic hydroxyl groups is 1. The highest BCUT2D eigenvalue weighted by Gasteiger charge is 2.72. The first-order valence-corrected chi connectivity index (χ1v) is 11.5. The average molecular weight is 418 g/mol. The Bertz CT molecular complexity index is 1060. The van der Waals surface area contributed by atoms with Crippen LogP contribution in [0.2, 0.25) is 0 Å². The van der Waals surface area contributed by atoms with E-state index >= 15 is 0 Å². The Kier molecular flexibility index (Phi) is 3.98. The smallest absolute Gasteiger partial charge is 0.165 e. The second kappa shape index (κ2) is 6.36. The molecule has 6 rings (SSSR count). The van der Waals surface area contributed by atoms with E-state index in [1.807, 2.05) is 6.07 Å². The van der Waals surface area contributed by atoms with Crippen molar-refractivity contribution in [3.63, 3.8) is 0 Å². The maximum absolute atomic E-state index is 12.4.